The molecule has 1 atom stereocenters. The Bertz CT molecular complexity index is 1500. The summed E-state index contributed by atoms with van der Waals surface area (Å²) in [5.41, 5.74) is 0.363. The predicted molar refractivity (Wildman–Crippen MR) is 147 cm³/mol. The van der Waals surface area contributed by atoms with Gasteiger partial charge in [-0.15, -0.1) is 5.10 Å². The molecule has 4 bridgehead atoms. The number of hydrogen-bond donors (Lipinski definition) is 1. The van der Waals surface area contributed by atoms with Crippen molar-refractivity contribution in [2.24, 2.45) is 11.3 Å². The maximum absolute atomic E-state index is 13.4. The molecule has 0 spiro atoms. The van der Waals surface area contributed by atoms with E-state index in [2.05, 4.69) is 35.5 Å². The summed E-state index contributed by atoms with van der Waals surface area (Å²) < 4.78 is 37.7. The first kappa shape index (κ1) is 25.9. The molecule has 3 aromatic rings. The van der Waals surface area contributed by atoms with Crippen LogP contribution in [-0.2, 0) is 16.6 Å². The number of nitrogens with zero attached hydrogens (tertiary/aromatic N) is 5. The zero-order chi connectivity index (χ0) is 27.4. The second-order valence-electron chi connectivity index (χ2n) is 12.2. The molecule has 0 radical (unpaired) electrons. The van der Waals surface area contributed by atoms with Gasteiger partial charge in [0.1, 0.15) is 10.7 Å². The lowest BCUT2D eigenvalue weighted by Gasteiger charge is -2.34. The molecule has 11 heteroatoms. The van der Waals surface area contributed by atoms with Crippen molar-refractivity contribution in [2.45, 2.75) is 76.3 Å². The Morgan fingerprint density at radius 1 is 1.13 bits per heavy atom. The molecule has 5 heterocycles. The average Bonchev–Trinajstić information content (AvgIpc) is 3.24. The van der Waals surface area contributed by atoms with E-state index in [1.54, 1.807) is 35.4 Å². The number of carbonyl (C=O) groups is 1. The van der Waals surface area contributed by atoms with Crippen molar-refractivity contribution in [3.05, 3.63) is 48.4 Å². The van der Waals surface area contributed by atoms with Crippen LogP contribution in [0.4, 0.5) is 5.82 Å². The number of anilines is 1. The molecule has 39 heavy (non-hydrogen) atoms. The van der Waals surface area contributed by atoms with Crippen LogP contribution in [0.2, 0.25) is 0 Å². The molecule has 1 aliphatic carbocycles. The lowest BCUT2D eigenvalue weighted by atomic mass is 9.93. The van der Waals surface area contributed by atoms with Crippen LogP contribution >= 0.6 is 0 Å². The van der Waals surface area contributed by atoms with Crippen LogP contribution in [0, 0.1) is 11.3 Å². The molecular weight excluding hydrogens is 516 g/mol. The quantitative estimate of drug-likeness (QED) is 0.506. The molecule has 3 aliphatic rings. The van der Waals surface area contributed by atoms with E-state index in [4.69, 9.17) is 9.72 Å². The summed E-state index contributed by atoms with van der Waals surface area (Å²) in [5, 5.41) is 4.56. The van der Waals surface area contributed by atoms with Gasteiger partial charge < -0.3 is 14.2 Å². The Hall–Kier alpha value is -3.34. The van der Waals surface area contributed by atoms with Gasteiger partial charge in [0.2, 0.25) is 5.88 Å². The third kappa shape index (κ3) is 5.28. The highest BCUT2D eigenvalue weighted by Gasteiger charge is 2.41. The Kier molecular flexibility index (Phi) is 6.24. The van der Waals surface area contributed by atoms with E-state index in [0.29, 0.717) is 35.5 Å². The summed E-state index contributed by atoms with van der Waals surface area (Å²) >= 11 is 0. The maximum Gasteiger partial charge on any atom is 0.268 e. The molecule has 10 nitrogen and oxygen atoms in total. The number of sulfonamides is 1. The van der Waals surface area contributed by atoms with E-state index in [9.17, 15) is 13.2 Å². The molecule has 1 unspecified atom stereocenters. The van der Waals surface area contributed by atoms with Crippen molar-refractivity contribution >= 4 is 21.7 Å². The minimum absolute atomic E-state index is 0.0717. The third-order valence-electron chi connectivity index (χ3n) is 8.47. The molecule has 0 aromatic carbocycles. The van der Waals surface area contributed by atoms with Crippen molar-refractivity contribution in [1.82, 2.24) is 24.1 Å². The Morgan fingerprint density at radius 2 is 1.95 bits per heavy atom. The van der Waals surface area contributed by atoms with Crippen LogP contribution in [0.3, 0.4) is 0 Å². The fourth-order valence-electron chi connectivity index (χ4n) is 5.79. The van der Waals surface area contributed by atoms with Crippen LogP contribution in [-0.4, -0.2) is 52.3 Å². The largest absolute Gasteiger partial charge is 0.477 e. The van der Waals surface area contributed by atoms with Gasteiger partial charge in [0, 0.05) is 43.3 Å². The summed E-state index contributed by atoms with van der Waals surface area (Å²) in [6.07, 6.45) is 11.5. The fourth-order valence-corrected chi connectivity index (χ4v) is 6.78. The Balaban J connectivity index is 1.34. The van der Waals surface area contributed by atoms with Gasteiger partial charge in [-0.2, -0.15) is 0 Å². The van der Waals surface area contributed by atoms with E-state index in [1.807, 2.05) is 10.6 Å². The molecule has 2 fully saturated rings. The zero-order valence-corrected chi connectivity index (χ0v) is 23.6. The van der Waals surface area contributed by atoms with Crippen molar-refractivity contribution in [3.63, 3.8) is 0 Å². The summed E-state index contributed by atoms with van der Waals surface area (Å²) in [6.45, 7) is 8.65. The van der Waals surface area contributed by atoms with E-state index >= 15 is 0 Å². The van der Waals surface area contributed by atoms with E-state index in [0.717, 1.165) is 38.8 Å². The number of hydrogen-bond acceptors (Lipinski definition) is 7. The van der Waals surface area contributed by atoms with Gasteiger partial charge in [-0.1, -0.05) is 6.92 Å². The topological polar surface area (TPSA) is 111 Å². The zero-order valence-electron chi connectivity index (χ0n) is 22.8. The second-order valence-corrected chi connectivity index (χ2v) is 13.9. The highest BCUT2D eigenvalue weighted by molar-refractivity contribution is 7.90. The molecule has 2 aliphatic heterocycles. The SMILES string of the molecule is CC1(CCOc2ccn(-c3ccc4c(n3)N3CC(CCCn5ccc(c5)S(=O)(=O)NC4=O)CC3(C)C)n2)CC1. The first-order valence-corrected chi connectivity index (χ1v) is 15.2. The highest BCUT2D eigenvalue weighted by atomic mass is 32.2. The minimum atomic E-state index is -4.04. The van der Waals surface area contributed by atoms with E-state index < -0.39 is 15.9 Å². The molecule has 1 N–H and O–H groups in total. The van der Waals surface area contributed by atoms with Crippen molar-refractivity contribution < 1.29 is 17.9 Å². The Morgan fingerprint density at radius 3 is 2.74 bits per heavy atom. The van der Waals surface area contributed by atoms with Crippen molar-refractivity contribution in [1.29, 1.82) is 0 Å². The van der Waals surface area contributed by atoms with E-state index in [1.165, 1.54) is 18.9 Å². The molecule has 1 saturated heterocycles. The number of fused-ring (bicyclic) bond motifs is 6. The van der Waals surface area contributed by atoms with Crippen molar-refractivity contribution in [2.75, 3.05) is 18.1 Å². The van der Waals surface area contributed by atoms with Gasteiger partial charge in [0.15, 0.2) is 5.82 Å². The maximum atomic E-state index is 13.4. The third-order valence-corrected chi connectivity index (χ3v) is 9.78. The summed E-state index contributed by atoms with van der Waals surface area (Å²) in [4.78, 5) is 20.6. The molecule has 1 saturated carbocycles. The summed E-state index contributed by atoms with van der Waals surface area (Å²) in [6, 6.07) is 6.66. The molecular formula is C28H36N6O4S. The lowest BCUT2D eigenvalue weighted by Crippen LogP contribution is -2.41. The second kappa shape index (κ2) is 9.39. The minimum Gasteiger partial charge on any atom is -0.477 e. The predicted octanol–water partition coefficient (Wildman–Crippen LogP) is 4.16. The molecule has 6 rings (SSSR count). The summed E-state index contributed by atoms with van der Waals surface area (Å²) in [5.74, 6) is 1.25. The number of nitrogens with one attached hydrogen (secondary N) is 1. The molecule has 3 aromatic heterocycles. The number of aromatic nitrogens is 4. The number of ether oxygens (including phenoxy) is 1. The van der Waals surface area contributed by atoms with Crippen LogP contribution in [0.1, 0.15) is 69.7 Å². The van der Waals surface area contributed by atoms with E-state index in [-0.39, 0.29) is 16.0 Å². The van der Waals surface area contributed by atoms with Crippen LogP contribution < -0.4 is 14.4 Å². The van der Waals surface area contributed by atoms with Gasteiger partial charge in [-0.25, -0.2) is 22.8 Å². The molecule has 1 amide bonds. The first-order chi connectivity index (χ1) is 18.5. The van der Waals surface area contributed by atoms with Gasteiger partial charge in [-0.05, 0) is 81.9 Å². The van der Waals surface area contributed by atoms with Crippen LogP contribution in [0.5, 0.6) is 5.88 Å². The van der Waals surface area contributed by atoms with Crippen LogP contribution in [0.15, 0.2) is 47.8 Å². The number of amides is 1. The number of carbonyl (C=O) groups excluding carboxylic acids is 1. The average molecular weight is 553 g/mol. The lowest BCUT2D eigenvalue weighted by molar-refractivity contribution is 0.0981. The Labute approximate surface area is 229 Å². The summed E-state index contributed by atoms with van der Waals surface area (Å²) in [7, 11) is -4.04. The normalized spacial score (nSPS) is 23.0. The van der Waals surface area contributed by atoms with Gasteiger partial charge >= 0.3 is 0 Å². The van der Waals surface area contributed by atoms with Gasteiger partial charge in [0.05, 0.1) is 12.2 Å². The first-order valence-electron chi connectivity index (χ1n) is 13.7. The molecule has 208 valence electrons. The standard InChI is InChI=1S/C28H36N6O4S/c1-27(2)17-20-5-4-13-32-14-8-21(19-32)39(36,37)31-26(35)22-6-7-23(29-25(22)33(27)18-20)34-15-9-24(30-34)38-16-12-28(3)10-11-28/h6-9,14-15,19-20H,4-5,10-13,16-18H2,1-3H3,(H,31,35). The van der Waals surface area contributed by atoms with Gasteiger partial charge in [-0.3, -0.25) is 4.79 Å². The number of rotatable bonds is 5. The highest BCUT2D eigenvalue weighted by Crippen LogP contribution is 2.48. The number of aryl methyl sites for hydroxylation is 1. The smallest absolute Gasteiger partial charge is 0.268 e. The fraction of sp³-hybridized carbons (Fsp3) is 0.536. The van der Waals surface area contributed by atoms with Gasteiger partial charge in [0.25, 0.3) is 15.9 Å². The monoisotopic (exact) mass is 552 g/mol. The van der Waals surface area contributed by atoms with Crippen LogP contribution in [0.25, 0.3) is 5.82 Å². The van der Waals surface area contributed by atoms with Crippen molar-refractivity contribution in [3.8, 4) is 11.7 Å². The number of pyridine rings is 1.